The smallest absolute Gasteiger partial charge is 0.249 e. The zero-order valence-corrected chi connectivity index (χ0v) is 16.0. The Morgan fingerprint density at radius 2 is 1.68 bits per heavy atom. The van der Waals surface area contributed by atoms with Crippen LogP contribution in [-0.4, -0.2) is 66.8 Å². The third-order valence-corrected chi connectivity index (χ3v) is 5.39. The summed E-state index contributed by atoms with van der Waals surface area (Å²) in [7, 11) is 2.88. The summed E-state index contributed by atoms with van der Waals surface area (Å²) in [5, 5.41) is 0. The van der Waals surface area contributed by atoms with Crippen LogP contribution >= 0.6 is 0 Å². The summed E-state index contributed by atoms with van der Waals surface area (Å²) < 4.78 is 10.1. The molecule has 0 bridgehead atoms. The molecular formula is C19H23N3O6. The number of primary amides is 1. The molecule has 0 saturated carbocycles. The maximum absolute atomic E-state index is 13.0. The number of nitrogens with two attached hydrogens (primary N) is 1. The lowest BCUT2D eigenvalue weighted by Crippen LogP contribution is -2.51. The van der Waals surface area contributed by atoms with Gasteiger partial charge in [0.05, 0.1) is 25.0 Å². The van der Waals surface area contributed by atoms with Gasteiger partial charge in [0.25, 0.3) is 0 Å². The van der Waals surface area contributed by atoms with Gasteiger partial charge in [-0.05, 0) is 24.6 Å². The van der Waals surface area contributed by atoms with Crippen LogP contribution in [0.5, 0.6) is 5.75 Å². The number of fused-ring (bicyclic) bond motifs is 1. The molecule has 4 atom stereocenters. The number of carbonyl (C=O) groups excluding carboxylic acids is 4. The van der Waals surface area contributed by atoms with Gasteiger partial charge < -0.3 is 20.1 Å². The van der Waals surface area contributed by atoms with Crippen molar-refractivity contribution in [1.29, 1.82) is 0 Å². The zero-order valence-electron chi connectivity index (χ0n) is 16.0. The molecule has 0 aliphatic carbocycles. The number of hydrogen-bond donors (Lipinski definition) is 1. The second kappa shape index (κ2) is 7.59. The number of imide groups is 1. The van der Waals surface area contributed by atoms with Crippen molar-refractivity contribution < 1.29 is 28.7 Å². The molecule has 9 nitrogen and oxygen atoms in total. The molecule has 150 valence electrons. The summed E-state index contributed by atoms with van der Waals surface area (Å²) >= 11 is 0. The molecule has 2 aliphatic rings. The first-order valence-corrected chi connectivity index (χ1v) is 8.95. The van der Waals surface area contributed by atoms with Crippen molar-refractivity contribution in [3.05, 3.63) is 29.8 Å². The van der Waals surface area contributed by atoms with Crippen molar-refractivity contribution in [3.63, 3.8) is 0 Å². The standard InChI is InChI=1S/C19H23N3O6/c1-4-21-18(25)13-14(19(21)26)16(17(20)24)22(12(23)9-27-2)15(13)10-5-7-11(28-3)8-6-10/h5-8,13-16H,4,9H2,1-3H3,(H2,20,24). The summed E-state index contributed by atoms with van der Waals surface area (Å²) in [4.78, 5) is 53.3. The second-order valence-corrected chi connectivity index (χ2v) is 6.77. The van der Waals surface area contributed by atoms with Crippen LogP contribution in [0.2, 0.25) is 0 Å². The fraction of sp³-hybridized carbons (Fsp3) is 0.474. The van der Waals surface area contributed by atoms with Crippen LogP contribution in [0.15, 0.2) is 24.3 Å². The highest BCUT2D eigenvalue weighted by molar-refractivity contribution is 6.09. The predicted octanol–water partition coefficient (Wildman–Crippen LogP) is -0.300. The lowest BCUT2D eigenvalue weighted by molar-refractivity contribution is -0.148. The molecule has 1 aromatic carbocycles. The van der Waals surface area contributed by atoms with Crippen LogP contribution in [0.3, 0.4) is 0 Å². The summed E-state index contributed by atoms with van der Waals surface area (Å²) in [6.45, 7) is 1.58. The molecule has 4 amide bonds. The van der Waals surface area contributed by atoms with E-state index in [-0.39, 0.29) is 13.2 Å². The van der Waals surface area contributed by atoms with Gasteiger partial charge >= 0.3 is 0 Å². The first-order valence-electron chi connectivity index (χ1n) is 8.95. The zero-order chi connectivity index (χ0) is 20.6. The van der Waals surface area contributed by atoms with Crippen molar-refractivity contribution in [2.45, 2.75) is 19.0 Å². The summed E-state index contributed by atoms with van der Waals surface area (Å²) in [6.07, 6.45) is 0. The average Bonchev–Trinajstić information content (AvgIpc) is 3.15. The number of benzene rings is 1. The number of likely N-dealkylation sites (tertiary alicyclic amines) is 2. The van der Waals surface area contributed by atoms with E-state index in [0.717, 1.165) is 4.90 Å². The van der Waals surface area contributed by atoms with Crippen molar-refractivity contribution in [1.82, 2.24) is 9.80 Å². The number of carbonyl (C=O) groups is 4. The summed E-state index contributed by atoms with van der Waals surface area (Å²) in [5.74, 6) is -3.50. The Morgan fingerprint density at radius 1 is 1.07 bits per heavy atom. The maximum Gasteiger partial charge on any atom is 0.249 e. The number of hydrogen-bond acceptors (Lipinski definition) is 6. The predicted molar refractivity (Wildman–Crippen MR) is 96.8 cm³/mol. The van der Waals surface area contributed by atoms with Crippen molar-refractivity contribution in [2.75, 3.05) is 27.4 Å². The van der Waals surface area contributed by atoms with Crippen molar-refractivity contribution in [3.8, 4) is 5.75 Å². The minimum atomic E-state index is -1.22. The van der Waals surface area contributed by atoms with E-state index in [1.807, 2.05) is 0 Å². The molecule has 2 aliphatic heterocycles. The van der Waals surface area contributed by atoms with Crippen LogP contribution < -0.4 is 10.5 Å². The van der Waals surface area contributed by atoms with Gasteiger partial charge in [-0.3, -0.25) is 24.1 Å². The Morgan fingerprint density at radius 3 is 2.18 bits per heavy atom. The van der Waals surface area contributed by atoms with E-state index in [9.17, 15) is 19.2 Å². The third-order valence-electron chi connectivity index (χ3n) is 5.39. The number of rotatable bonds is 6. The number of ether oxygens (including phenoxy) is 2. The highest BCUT2D eigenvalue weighted by atomic mass is 16.5. The van der Waals surface area contributed by atoms with E-state index in [2.05, 4.69) is 0 Å². The van der Waals surface area contributed by atoms with Gasteiger partial charge in [-0.15, -0.1) is 0 Å². The third kappa shape index (κ3) is 2.91. The van der Waals surface area contributed by atoms with Gasteiger partial charge in [-0.2, -0.15) is 0 Å². The molecule has 9 heteroatoms. The molecular weight excluding hydrogens is 366 g/mol. The van der Waals surface area contributed by atoms with Gasteiger partial charge in [0.1, 0.15) is 18.4 Å². The van der Waals surface area contributed by atoms with Crippen molar-refractivity contribution in [2.24, 2.45) is 17.6 Å². The van der Waals surface area contributed by atoms with Crippen LogP contribution in [0, 0.1) is 11.8 Å². The lowest BCUT2D eigenvalue weighted by atomic mass is 9.86. The van der Waals surface area contributed by atoms with Crippen LogP contribution in [0.4, 0.5) is 0 Å². The van der Waals surface area contributed by atoms with Crippen LogP contribution in [0.25, 0.3) is 0 Å². The van der Waals surface area contributed by atoms with Crippen LogP contribution in [-0.2, 0) is 23.9 Å². The van der Waals surface area contributed by atoms with E-state index >= 15 is 0 Å². The Balaban J connectivity index is 2.15. The van der Waals surface area contributed by atoms with Gasteiger partial charge in [0, 0.05) is 13.7 Å². The molecule has 2 N–H and O–H groups in total. The summed E-state index contributed by atoms with van der Waals surface area (Å²) in [6, 6.07) is 4.79. The first kappa shape index (κ1) is 19.8. The molecule has 1 aromatic rings. The minimum absolute atomic E-state index is 0.192. The van der Waals surface area contributed by atoms with E-state index in [0.29, 0.717) is 11.3 Å². The highest BCUT2D eigenvalue weighted by Crippen LogP contribution is 2.50. The first-order chi connectivity index (χ1) is 13.4. The molecule has 4 unspecified atom stereocenters. The SMILES string of the molecule is CCN1C(=O)C2C(C1=O)C(c1ccc(OC)cc1)N(C(=O)COC)C2C(N)=O. The van der Waals surface area contributed by atoms with Crippen molar-refractivity contribution >= 4 is 23.6 Å². The molecule has 0 radical (unpaired) electrons. The fourth-order valence-corrected chi connectivity index (χ4v) is 4.26. The van der Waals surface area contributed by atoms with Gasteiger partial charge in [0.2, 0.25) is 23.6 Å². The highest BCUT2D eigenvalue weighted by Gasteiger charge is 2.64. The van der Waals surface area contributed by atoms with Gasteiger partial charge in [-0.25, -0.2) is 0 Å². The topological polar surface area (TPSA) is 119 Å². The molecule has 3 rings (SSSR count). The molecule has 28 heavy (non-hydrogen) atoms. The largest absolute Gasteiger partial charge is 0.497 e. The monoisotopic (exact) mass is 389 g/mol. The second-order valence-electron chi connectivity index (χ2n) is 6.77. The number of nitrogens with zero attached hydrogens (tertiary/aromatic N) is 2. The van der Waals surface area contributed by atoms with E-state index in [4.69, 9.17) is 15.2 Å². The number of methoxy groups -OCH3 is 2. The number of amides is 4. The molecule has 2 saturated heterocycles. The normalized spacial score (nSPS) is 26.5. The Bertz CT molecular complexity index is 808. The van der Waals surface area contributed by atoms with Gasteiger partial charge in [-0.1, -0.05) is 12.1 Å². The van der Waals surface area contributed by atoms with E-state index in [1.54, 1.807) is 31.2 Å². The Labute approximate surface area is 162 Å². The van der Waals surface area contributed by atoms with E-state index < -0.39 is 47.5 Å². The van der Waals surface area contributed by atoms with Crippen LogP contribution in [0.1, 0.15) is 18.5 Å². The quantitative estimate of drug-likeness (QED) is 0.667. The van der Waals surface area contributed by atoms with Gasteiger partial charge in [0.15, 0.2) is 0 Å². The molecule has 0 aromatic heterocycles. The van der Waals surface area contributed by atoms with E-state index in [1.165, 1.54) is 19.1 Å². The Kier molecular flexibility index (Phi) is 5.37. The summed E-state index contributed by atoms with van der Waals surface area (Å²) in [5.41, 5.74) is 6.20. The molecule has 2 heterocycles. The Hall–Kier alpha value is -2.94. The maximum atomic E-state index is 13.0. The molecule has 2 fully saturated rings. The average molecular weight is 389 g/mol. The minimum Gasteiger partial charge on any atom is -0.497 e. The molecule has 0 spiro atoms. The lowest BCUT2D eigenvalue weighted by Gasteiger charge is -2.32. The fourth-order valence-electron chi connectivity index (χ4n) is 4.26.